The molecule has 2 aliphatic heterocycles. The van der Waals surface area contributed by atoms with Gasteiger partial charge >= 0.3 is 0 Å². The molecule has 2 aromatic carbocycles. The summed E-state index contributed by atoms with van der Waals surface area (Å²) < 4.78 is 6.24. The van der Waals surface area contributed by atoms with Crippen molar-refractivity contribution in [2.45, 2.75) is 38.3 Å². The van der Waals surface area contributed by atoms with Crippen LogP contribution in [0, 0.1) is 0 Å². The summed E-state index contributed by atoms with van der Waals surface area (Å²) in [5.41, 5.74) is 4.02. The van der Waals surface area contributed by atoms with Gasteiger partial charge in [0.15, 0.2) is 6.10 Å². The van der Waals surface area contributed by atoms with Crippen molar-refractivity contribution in [1.29, 1.82) is 0 Å². The molecule has 1 saturated heterocycles. The number of anilines is 1. The van der Waals surface area contributed by atoms with Crippen LogP contribution in [0.1, 0.15) is 30.4 Å². The van der Waals surface area contributed by atoms with Gasteiger partial charge in [0, 0.05) is 48.4 Å². The molecule has 164 valence electrons. The number of ether oxygens (including phenoxy) is 1. The Bertz CT molecular complexity index is 1110. The Kier molecular flexibility index (Phi) is 5.99. The fourth-order valence-electron chi connectivity index (χ4n) is 4.48. The first-order valence-electron chi connectivity index (χ1n) is 11.2. The zero-order valence-corrected chi connectivity index (χ0v) is 18.6. The molecular weight excluding hydrogens is 422 g/mol. The first kappa shape index (κ1) is 20.8. The number of nitrogens with one attached hydrogen (secondary N) is 1. The number of carbonyl (C=O) groups is 1. The molecule has 0 spiro atoms. The van der Waals surface area contributed by atoms with Crippen LogP contribution in [0.3, 0.4) is 0 Å². The zero-order valence-electron chi connectivity index (χ0n) is 17.9. The van der Waals surface area contributed by atoms with Gasteiger partial charge in [0.05, 0.1) is 0 Å². The minimum absolute atomic E-state index is 0.0860. The van der Waals surface area contributed by atoms with Gasteiger partial charge in [-0.2, -0.15) is 0 Å². The number of hydrogen-bond donors (Lipinski definition) is 1. The van der Waals surface area contributed by atoms with Gasteiger partial charge in [0.25, 0.3) is 5.91 Å². The van der Waals surface area contributed by atoms with E-state index in [1.807, 2.05) is 47.4 Å². The lowest BCUT2D eigenvalue weighted by molar-refractivity contribution is -0.138. The summed E-state index contributed by atoms with van der Waals surface area (Å²) in [6.07, 6.45) is 5.19. The van der Waals surface area contributed by atoms with Gasteiger partial charge < -0.3 is 15.0 Å². The van der Waals surface area contributed by atoms with Crippen molar-refractivity contribution >= 4 is 23.3 Å². The van der Waals surface area contributed by atoms with Gasteiger partial charge in [-0.05, 0) is 54.7 Å². The van der Waals surface area contributed by atoms with E-state index in [0.29, 0.717) is 18.0 Å². The summed E-state index contributed by atoms with van der Waals surface area (Å²) in [5.74, 6) is 1.62. The maximum atomic E-state index is 13.0. The SMILES string of the molecule is O=C([C@@H]1Cc2cc(Cl)cc(-c3ccnc(NCc4ccccc4)c3)c2O1)N1CCCCC1. The molecule has 2 aliphatic rings. The third-order valence-electron chi connectivity index (χ3n) is 6.13. The zero-order chi connectivity index (χ0) is 21.9. The fraction of sp³-hybridized carbons (Fsp3) is 0.308. The van der Waals surface area contributed by atoms with Crippen LogP contribution >= 0.6 is 11.6 Å². The number of benzene rings is 2. The van der Waals surface area contributed by atoms with Gasteiger partial charge in [0.2, 0.25) is 0 Å². The number of hydrogen-bond acceptors (Lipinski definition) is 4. The number of fused-ring (bicyclic) bond motifs is 1. The van der Waals surface area contributed by atoms with Crippen molar-refractivity contribution in [3.8, 4) is 16.9 Å². The standard InChI is InChI=1S/C26H26ClN3O2/c27-21-13-20-14-23(26(31)30-11-5-2-6-12-30)32-25(20)22(16-21)19-9-10-28-24(15-19)29-17-18-7-3-1-4-8-18/h1,3-4,7-10,13,15-16,23H,2,5-6,11-12,14,17H2,(H,28,29)/t23-/m0/s1. The lowest BCUT2D eigenvalue weighted by Gasteiger charge is -2.28. The number of aromatic nitrogens is 1. The van der Waals surface area contributed by atoms with Crippen molar-refractivity contribution in [2.75, 3.05) is 18.4 Å². The molecule has 0 bridgehead atoms. The number of halogens is 1. The smallest absolute Gasteiger partial charge is 0.263 e. The van der Waals surface area contributed by atoms with Crippen LogP contribution in [0.4, 0.5) is 5.82 Å². The normalized spacial score (nSPS) is 17.5. The molecule has 3 heterocycles. The van der Waals surface area contributed by atoms with E-state index in [0.717, 1.165) is 54.2 Å². The number of nitrogens with zero attached hydrogens (tertiary/aromatic N) is 2. The van der Waals surface area contributed by atoms with Gasteiger partial charge in [-0.1, -0.05) is 41.9 Å². The maximum Gasteiger partial charge on any atom is 0.263 e. The van der Waals surface area contributed by atoms with E-state index in [1.165, 1.54) is 12.0 Å². The summed E-state index contributed by atoms with van der Waals surface area (Å²) in [6.45, 7) is 2.33. The second-order valence-electron chi connectivity index (χ2n) is 8.41. The molecular formula is C26H26ClN3O2. The minimum atomic E-state index is -0.474. The number of pyridine rings is 1. The number of piperidine rings is 1. The lowest BCUT2D eigenvalue weighted by atomic mass is 10.0. The molecule has 5 rings (SSSR count). The topological polar surface area (TPSA) is 54.5 Å². The van der Waals surface area contributed by atoms with Crippen molar-refractivity contribution in [2.24, 2.45) is 0 Å². The summed E-state index contributed by atoms with van der Waals surface area (Å²) in [7, 11) is 0. The van der Waals surface area contributed by atoms with Crippen LogP contribution in [0.2, 0.25) is 5.02 Å². The predicted octanol–water partition coefficient (Wildman–Crippen LogP) is 5.33. The number of amides is 1. The molecule has 1 fully saturated rings. The van der Waals surface area contributed by atoms with Crippen LogP contribution in [0.25, 0.3) is 11.1 Å². The molecule has 32 heavy (non-hydrogen) atoms. The molecule has 5 nitrogen and oxygen atoms in total. The Morgan fingerprint density at radius 2 is 1.91 bits per heavy atom. The van der Waals surface area contributed by atoms with Crippen molar-refractivity contribution in [1.82, 2.24) is 9.88 Å². The second-order valence-corrected chi connectivity index (χ2v) is 8.84. The highest BCUT2D eigenvalue weighted by Gasteiger charge is 2.34. The van der Waals surface area contributed by atoms with Gasteiger partial charge in [-0.15, -0.1) is 0 Å². The molecule has 1 amide bonds. The van der Waals surface area contributed by atoms with Crippen molar-refractivity contribution in [3.63, 3.8) is 0 Å². The Labute approximate surface area is 193 Å². The van der Waals surface area contributed by atoms with Crippen molar-refractivity contribution < 1.29 is 9.53 Å². The molecule has 0 unspecified atom stereocenters. The lowest BCUT2D eigenvalue weighted by Crippen LogP contribution is -2.43. The molecule has 6 heteroatoms. The van der Waals surface area contributed by atoms with Gasteiger partial charge in [0.1, 0.15) is 11.6 Å². The first-order valence-corrected chi connectivity index (χ1v) is 11.6. The van der Waals surface area contributed by atoms with E-state index in [4.69, 9.17) is 16.3 Å². The first-order chi connectivity index (χ1) is 15.7. The molecule has 0 aliphatic carbocycles. The quantitative estimate of drug-likeness (QED) is 0.574. The maximum absolute atomic E-state index is 13.0. The van der Waals surface area contributed by atoms with E-state index >= 15 is 0 Å². The molecule has 1 aromatic heterocycles. The number of likely N-dealkylation sites (tertiary alicyclic amines) is 1. The number of carbonyl (C=O) groups excluding carboxylic acids is 1. The highest BCUT2D eigenvalue weighted by Crippen LogP contribution is 2.42. The summed E-state index contributed by atoms with van der Waals surface area (Å²) in [6, 6.07) is 18.0. The Morgan fingerprint density at radius 3 is 2.72 bits per heavy atom. The predicted molar refractivity (Wildman–Crippen MR) is 127 cm³/mol. The molecule has 1 N–H and O–H groups in total. The average molecular weight is 448 g/mol. The highest BCUT2D eigenvalue weighted by molar-refractivity contribution is 6.31. The molecule has 0 saturated carbocycles. The molecule has 1 atom stereocenters. The Hall–Kier alpha value is -3.05. The van der Waals surface area contributed by atoms with Crippen molar-refractivity contribution in [3.05, 3.63) is 76.9 Å². The van der Waals surface area contributed by atoms with E-state index < -0.39 is 6.10 Å². The summed E-state index contributed by atoms with van der Waals surface area (Å²) >= 11 is 6.45. The monoisotopic (exact) mass is 447 g/mol. The second kappa shape index (κ2) is 9.21. The largest absolute Gasteiger partial charge is 0.479 e. The van der Waals surface area contributed by atoms with E-state index in [9.17, 15) is 4.79 Å². The fourth-order valence-corrected chi connectivity index (χ4v) is 4.72. The van der Waals surface area contributed by atoms with E-state index in [2.05, 4.69) is 22.4 Å². The van der Waals surface area contributed by atoms with E-state index in [-0.39, 0.29) is 5.91 Å². The van der Waals surface area contributed by atoms with Crippen LogP contribution < -0.4 is 10.1 Å². The summed E-state index contributed by atoms with van der Waals surface area (Å²) in [4.78, 5) is 19.4. The minimum Gasteiger partial charge on any atom is -0.479 e. The Balaban J connectivity index is 1.37. The van der Waals surface area contributed by atoms with Crippen LogP contribution in [0.5, 0.6) is 5.75 Å². The number of rotatable bonds is 5. The molecule has 3 aromatic rings. The summed E-state index contributed by atoms with van der Waals surface area (Å²) in [5, 5.41) is 4.02. The van der Waals surface area contributed by atoms with Gasteiger partial charge in [-0.25, -0.2) is 4.98 Å². The third-order valence-corrected chi connectivity index (χ3v) is 6.34. The average Bonchev–Trinajstić information content (AvgIpc) is 3.27. The van der Waals surface area contributed by atoms with Crippen LogP contribution in [-0.4, -0.2) is 35.0 Å². The Morgan fingerprint density at radius 1 is 1.09 bits per heavy atom. The highest BCUT2D eigenvalue weighted by atomic mass is 35.5. The van der Waals surface area contributed by atoms with Gasteiger partial charge in [-0.3, -0.25) is 4.79 Å². The van der Waals surface area contributed by atoms with Crippen LogP contribution in [-0.2, 0) is 17.8 Å². The molecule has 0 radical (unpaired) electrons. The van der Waals surface area contributed by atoms with E-state index in [1.54, 1.807) is 6.20 Å². The third kappa shape index (κ3) is 4.44. The van der Waals surface area contributed by atoms with Crippen LogP contribution in [0.15, 0.2) is 60.8 Å².